The van der Waals surface area contributed by atoms with Crippen molar-refractivity contribution in [3.05, 3.63) is 23.3 Å². The Hall–Kier alpha value is -2.77. The Kier molecular flexibility index (Phi) is 8.19. The molecule has 192 valence electrons. The Bertz CT molecular complexity index is 949. The summed E-state index contributed by atoms with van der Waals surface area (Å²) in [5.41, 5.74) is 2.09. The summed E-state index contributed by atoms with van der Waals surface area (Å²) in [7, 11) is 3.27. The maximum Gasteiger partial charge on any atom is 0.223 e. The predicted octanol–water partition coefficient (Wildman–Crippen LogP) is 2.56. The van der Waals surface area contributed by atoms with Gasteiger partial charge in [0.1, 0.15) is 0 Å². The molecule has 0 aliphatic carbocycles. The third kappa shape index (κ3) is 5.90. The summed E-state index contributed by atoms with van der Waals surface area (Å²) < 4.78 is 11.2. The minimum Gasteiger partial charge on any atom is -0.493 e. The number of hydrogen-bond acceptors (Lipinski definition) is 5. The van der Waals surface area contributed by atoms with Crippen LogP contribution in [0.5, 0.6) is 11.5 Å². The first kappa shape index (κ1) is 25.3. The second kappa shape index (κ2) is 11.3. The summed E-state index contributed by atoms with van der Waals surface area (Å²) in [6.07, 6.45) is 5.67. The third-order valence-electron chi connectivity index (χ3n) is 7.83. The minimum atomic E-state index is 0.0518. The van der Waals surface area contributed by atoms with Gasteiger partial charge in [0.25, 0.3) is 0 Å². The van der Waals surface area contributed by atoms with Crippen molar-refractivity contribution in [3.63, 3.8) is 0 Å². The second-order valence-corrected chi connectivity index (χ2v) is 10.2. The standard InChI is InChI=1S/C27H39N3O5/c1-18(31)29-15-20-13-22(17-29)23-7-4-8-25(32)28-11-5-6-21-12-19(9-10-26(33)30(23)16-20)14-24(34-2)27(21)35-3/h12,14,20,22-23H,4-11,13,15-17H2,1-3H3,(H,28,32)/t20-,22+,23-/m0/s1. The van der Waals surface area contributed by atoms with Gasteiger partial charge in [-0.15, -0.1) is 0 Å². The van der Waals surface area contributed by atoms with E-state index in [0.29, 0.717) is 56.3 Å². The van der Waals surface area contributed by atoms with Gasteiger partial charge in [0.05, 0.1) is 14.2 Å². The summed E-state index contributed by atoms with van der Waals surface area (Å²) in [6.45, 7) is 4.35. The molecule has 3 aliphatic rings. The highest BCUT2D eigenvalue weighted by molar-refractivity contribution is 5.78. The molecule has 4 rings (SSSR count). The van der Waals surface area contributed by atoms with Gasteiger partial charge in [-0.25, -0.2) is 0 Å². The Balaban J connectivity index is 1.58. The highest BCUT2D eigenvalue weighted by Crippen LogP contribution is 2.37. The summed E-state index contributed by atoms with van der Waals surface area (Å²) in [6, 6.07) is 4.14. The van der Waals surface area contributed by atoms with Crippen LogP contribution >= 0.6 is 0 Å². The Morgan fingerprint density at radius 2 is 1.83 bits per heavy atom. The van der Waals surface area contributed by atoms with Gasteiger partial charge in [-0.2, -0.15) is 0 Å². The number of rotatable bonds is 2. The third-order valence-corrected chi connectivity index (χ3v) is 7.83. The van der Waals surface area contributed by atoms with Crippen LogP contribution in [0, 0.1) is 11.8 Å². The molecule has 3 heterocycles. The van der Waals surface area contributed by atoms with Crippen LogP contribution in [0.1, 0.15) is 56.6 Å². The number of fused-ring (bicyclic) bond motifs is 6. The molecular weight excluding hydrogens is 446 g/mol. The van der Waals surface area contributed by atoms with Gasteiger partial charge in [-0.05, 0) is 67.6 Å². The summed E-state index contributed by atoms with van der Waals surface area (Å²) in [5, 5.41) is 3.04. The van der Waals surface area contributed by atoms with Crippen LogP contribution < -0.4 is 14.8 Å². The first-order valence-electron chi connectivity index (χ1n) is 12.9. The largest absolute Gasteiger partial charge is 0.493 e. The zero-order valence-electron chi connectivity index (χ0n) is 21.3. The van der Waals surface area contributed by atoms with Crippen molar-refractivity contribution in [1.82, 2.24) is 15.1 Å². The first-order chi connectivity index (χ1) is 16.9. The van der Waals surface area contributed by atoms with E-state index in [1.807, 2.05) is 11.0 Å². The van der Waals surface area contributed by atoms with Crippen molar-refractivity contribution in [2.75, 3.05) is 40.4 Å². The molecule has 1 aromatic carbocycles. The number of ether oxygens (including phenoxy) is 2. The number of carbonyl (C=O) groups excluding carboxylic acids is 3. The van der Waals surface area contributed by atoms with Gasteiger partial charge >= 0.3 is 0 Å². The Morgan fingerprint density at radius 3 is 2.57 bits per heavy atom. The molecule has 2 fully saturated rings. The fourth-order valence-corrected chi connectivity index (χ4v) is 6.16. The molecule has 3 aliphatic heterocycles. The molecule has 0 aromatic heterocycles. The molecule has 0 saturated carbocycles. The van der Waals surface area contributed by atoms with Gasteiger partial charge in [-0.1, -0.05) is 6.07 Å². The smallest absolute Gasteiger partial charge is 0.223 e. The van der Waals surface area contributed by atoms with Crippen molar-refractivity contribution in [2.24, 2.45) is 11.8 Å². The highest BCUT2D eigenvalue weighted by Gasteiger charge is 2.42. The lowest BCUT2D eigenvalue weighted by Gasteiger charge is -2.51. The van der Waals surface area contributed by atoms with Crippen LogP contribution in [0.2, 0.25) is 0 Å². The van der Waals surface area contributed by atoms with Crippen LogP contribution in [-0.4, -0.2) is 74.0 Å². The molecule has 2 saturated heterocycles. The number of piperidine rings is 2. The van der Waals surface area contributed by atoms with E-state index >= 15 is 0 Å². The predicted molar refractivity (Wildman–Crippen MR) is 132 cm³/mol. The maximum absolute atomic E-state index is 13.5. The number of likely N-dealkylation sites (tertiary alicyclic amines) is 1. The Morgan fingerprint density at radius 1 is 1.00 bits per heavy atom. The molecule has 8 heteroatoms. The molecule has 1 N–H and O–H groups in total. The van der Waals surface area contributed by atoms with E-state index in [0.717, 1.165) is 49.8 Å². The summed E-state index contributed by atoms with van der Waals surface area (Å²) in [4.78, 5) is 42.1. The monoisotopic (exact) mass is 485 g/mol. The normalized spacial score (nSPS) is 26.0. The van der Waals surface area contributed by atoms with E-state index in [1.165, 1.54) is 0 Å². The lowest BCUT2D eigenvalue weighted by Crippen LogP contribution is -2.59. The van der Waals surface area contributed by atoms with Crippen molar-refractivity contribution in [3.8, 4) is 11.5 Å². The number of amides is 3. The molecule has 0 spiro atoms. The van der Waals surface area contributed by atoms with Crippen molar-refractivity contribution in [1.29, 1.82) is 0 Å². The van der Waals surface area contributed by atoms with Gasteiger partial charge in [0.15, 0.2) is 11.5 Å². The first-order valence-corrected chi connectivity index (χ1v) is 12.9. The number of nitrogens with zero attached hydrogens (tertiary/aromatic N) is 2. The molecule has 1 aromatic rings. The van der Waals surface area contributed by atoms with Crippen LogP contribution in [0.25, 0.3) is 0 Å². The lowest BCUT2D eigenvalue weighted by atomic mass is 9.77. The van der Waals surface area contributed by atoms with E-state index in [9.17, 15) is 14.4 Å². The van der Waals surface area contributed by atoms with E-state index in [-0.39, 0.29) is 29.7 Å². The molecule has 8 nitrogen and oxygen atoms in total. The van der Waals surface area contributed by atoms with Gasteiger partial charge in [-0.3, -0.25) is 14.4 Å². The molecule has 4 bridgehead atoms. The maximum atomic E-state index is 13.5. The second-order valence-electron chi connectivity index (χ2n) is 10.2. The molecule has 3 amide bonds. The number of nitrogens with one attached hydrogen (secondary N) is 1. The fraction of sp³-hybridized carbons (Fsp3) is 0.667. The van der Waals surface area contributed by atoms with Crippen molar-refractivity contribution >= 4 is 17.7 Å². The topological polar surface area (TPSA) is 88.2 Å². The van der Waals surface area contributed by atoms with Gasteiger partial charge in [0.2, 0.25) is 17.7 Å². The van der Waals surface area contributed by atoms with Crippen LogP contribution in [0.4, 0.5) is 0 Å². The highest BCUT2D eigenvalue weighted by atomic mass is 16.5. The van der Waals surface area contributed by atoms with Crippen LogP contribution in [0.15, 0.2) is 12.1 Å². The zero-order valence-corrected chi connectivity index (χ0v) is 21.3. The number of aryl methyl sites for hydroxylation is 2. The molecule has 35 heavy (non-hydrogen) atoms. The quantitative estimate of drug-likeness (QED) is 0.696. The van der Waals surface area contributed by atoms with Crippen molar-refractivity contribution in [2.45, 2.75) is 64.3 Å². The Labute approximate surface area is 208 Å². The van der Waals surface area contributed by atoms with Crippen molar-refractivity contribution < 1.29 is 23.9 Å². The summed E-state index contributed by atoms with van der Waals surface area (Å²) in [5.74, 6) is 2.30. The van der Waals surface area contributed by atoms with Gasteiger partial charge in [0, 0.05) is 52.0 Å². The SMILES string of the molecule is COc1cc2cc(c1OC)CCCNC(=O)CCC[C@H]1[C@@H]3C[C@@H](CN(C(C)=O)C3)CN1C(=O)CC2. The zero-order chi connectivity index (χ0) is 24.9. The number of benzene rings is 1. The average Bonchev–Trinajstić information content (AvgIpc) is 2.85. The number of carbonyl (C=O) groups is 3. The molecule has 0 radical (unpaired) electrons. The number of methoxy groups -OCH3 is 2. The molecule has 3 atom stereocenters. The van der Waals surface area contributed by atoms with E-state index in [1.54, 1.807) is 21.1 Å². The summed E-state index contributed by atoms with van der Waals surface area (Å²) >= 11 is 0. The fourth-order valence-electron chi connectivity index (χ4n) is 6.16. The van der Waals surface area contributed by atoms with Crippen LogP contribution in [-0.2, 0) is 27.2 Å². The minimum absolute atomic E-state index is 0.0518. The van der Waals surface area contributed by atoms with E-state index < -0.39 is 0 Å². The average molecular weight is 486 g/mol. The molecule has 0 unspecified atom stereocenters. The van der Waals surface area contributed by atoms with Crippen LogP contribution in [0.3, 0.4) is 0 Å². The van der Waals surface area contributed by atoms with E-state index in [2.05, 4.69) is 16.3 Å². The molecular formula is C27H39N3O5. The number of hydrogen-bond donors (Lipinski definition) is 1. The lowest BCUT2D eigenvalue weighted by molar-refractivity contribution is -0.144. The van der Waals surface area contributed by atoms with E-state index in [4.69, 9.17) is 9.47 Å². The van der Waals surface area contributed by atoms with Gasteiger partial charge < -0.3 is 24.6 Å².